The van der Waals surface area contributed by atoms with Crippen LogP contribution in [0.15, 0.2) is 85.1 Å². The lowest BCUT2D eigenvalue weighted by atomic mass is 10.0. The van der Waals surface area contributed by atoms with Crippen LogP contribution in [0.1, 0.15) is 206 Å². The second kappa shape index (κ2) is 49.7. The van der Waals surface area contributed by atoms with E-state index in [9.17, 15) is 14.3 Å². The highest BCUT2D eigenvalue weighted by molar-refractivity contribution is 7.47. The molecule has 0 heterocycles. The van der Waals surface area contributed by atoms with Crippen molar-refractivity contribution < 1.29 is 32.8 Å². The van der Waals surface area contributed by atoms with Gasteiger partial charge in [0.15, 0.2) is 0 Å². The van der Waals surface area contributed by atoms with E-state index in [0.717, 1.165) is 83.5 Å². The molecule has 0 spiro atoms. The Morgan fingerprint density at radius 1 is 0.484 bits per heavy atom. The smallest absolute Gasteiger partial charge is 0.457 e. The van der Waals surface area contributed by atoms with Crippen LogP contribution >= 0.6 is 7.82 Å². The average Bonchev–Trinajstić information content (AvgIpc) is 3.26. The molecule has 0 amide bonds. The van der Waals surface area contributed by atoms with Crippen molar-refractivity contribution in [3.8, 4) is 0 Å². The maximum Gasteiger partial charge on any atom is 0.472 e. The predicted octanol–water partition coefficient (Wildman–Crippen LogP) is 15.6. The second-order valence-electron chi connectivity index (χ2n) is 16.3. The van der Waals surface area contributed by atoms with Crippen LogP contribution in [0.2, 0.25) is 0 Å². The highest BCUT2D eigenvalue weighted by atomic mass is 31.2. The first-order valence-electron chi connectivity index (χ1n) is 25.1. The van der Waals surface area contributed by atoms with E-state index in [2.05, 4.69) is 98.9 Å². The van der Waals surface area contributed by atoms with Gasteiger partial charge in [0, 0.05) is 19.6 Å². The third-order valence-electron chi connectivity index (χ3n) is 10.3. The van der Waals surface area contributed by atoms with Crippen molar-refractivity contribution in [1.29, 1.82) is 0 Å². The number of hydrogen-bond acceptors (Lipinski definition) is 7. The Morgan fingerprint density at radius 3 is 1.27 bits per heavy atom. The summed E-state index contributed by atoms with van der Waals surface area (Å²) < 4.78 is 33.6. The van der Waals surface area contributed by atoms with Crippen LogP contribution in [0.25, 0.3) is 0 Å². The maximum atomic E-state index is 12.7. The van der Waals surface area contributed by atoms with Crippen LogP contribution in [0.4, 0.5) is 0 Å². The first kappa shape index (κ1) is 59.7. The molecule has 0 aliphatic rings. The molecule has 3 N–H and O–H groups in total. The third kappa shape index (κ3) is 48.7. The van der Waals surface area contributed by atoms with Gasteiger partial charge in [-0.05, 0) is 83.5 Å². The Balaban J connectivity index is 3.96. The van der Waals surface area contributed by atoms with Gasteiger partial charge in [0.25, 0.3) is 0 Å². The largest absolute Gasteiger partial charge is 0.472 e. The van der Waals surface area contributed by atoms with E-state index in [4.69, 9.17) is 24.3 Å². The van der Waals surface area contributed by atoms with Crippen molar-refractivity contribution >= 4 is 13.8 Å². The minimum atomic E-state index is -4.29. The molecule has 0 aromatic heterocycles. The minimum absolute atomic E-state index is 0.0950. The summed E-state index contributed by atoms with van der Waals surface area (Å²) in [6.45, 7) is 4.68. The van der Waals surface area contributed by atoms with Gasteiger partial charge in [-0.15, -0.1) is 0 Å². The summed E-state index contributed by atoms with van der Waals surface area (Å²) in [5.41, 5.74) is 5.39. The lowest BCUT2D eigenvalue weighted by Gasteiger charge is -2.20. The van der Waals surface area contributed by atoms with Gasteiger partial charge in [0.05, 0.1) is 19.8 Å². The summed E-state index contributed by atoms with van der Waals surface area (Å²) in [5, 5.41) is 0. The van der Waals surface area contributed by atoms with Crippen LogP contribution < -0.4 is 5.73 Å². The summed E-state index contributed by atoms with van der Waals surface area (Å²) in [5.74, 6) is -0.337. The van der Waals surface area contributed by atoms with Gasteiger partial charge < -0.3 is 20.1 Å². The van der Waals surface area contributed by atoms with Crippen LogP contribution in [0.3, 0.4) is 0 Å². The van der Waals surface area contributed by atoms with Crippen molar-refractivity contribution in [3.63, 3.8) is 0 Å². The first-order valence-corrected chi connectivity index (χ1v) is 26.6. The monoisotopic (exact) mass is 888 g/mol. The number of nitrogens with two attached hydrogens (primary N) is 1. The zero-order chi connectivity index (χ0) is 45.1. The molecule has 2 unspecified atom stereocenters. The van der Waals surface area contributed by atoms with Gasteiger partial charge in [-0.3, -0.25) is 13.8 Å². The molecule has 9 heteroatoms. The molecule has 0 radical (unpaired) electrons. The number of allylic oxidation sites excluding steroid dienone is 14. The first-order chi connectivity index (χ1) is 30.4. The van der Waals surface area contributed by atoms with E-state index >= 15 is 0 Å². The van der Waals surface area contributed by atoms with Crippen LogP contribution in [-0.4, -0.2) is 49.9 Å². The summed E-state index contributed by atoms with van der Waals surface area (Å²) in [6, 6.07) is 0. The molecule has 0 saturated heterocycles. The molecule has 2 atom stereocenters. The number of carbonyl (C=O) groups excluding carboxylic acids is 1. The van der Waals surface area contributed by atoms with E-state index in [-0.39, 0.29) is 32.3 Å². The predicted molar refractivity (Wildman–Crippen MR) is 265 cm³/mol. The highest BCUT2D eigenvalue weighted by Crippen LogP contribution is 2.43. The number of esters is 1. The Morgan fingerprint density at radius 2 is 0.855 bits per heavy atom. The zero-order valence-electron chi connectivity index (χ0n) is 39.8. The molecular formula is C53H94NO7P. The Hall–Kier alpha value is -2.32. The standard InChI is InChI=1S/C53H94NO7P/c1-3-5-7-9-11-13-15-17-19-21-23-24-25-26-27-28-29-30-32-34-36-38-40-42-44-46-53(55)61-52(51-60-62(56,57)59-49-47-54)50-58-48-45-43-41-39-37-35-33-31-22-20-18-16-14-12-10-8-6-4-2/h5-8,11-14,17-20,23-24,52H,3-4,9-10,15-16,21-22,25-51,54H2,1-2H3,(H,56,57)/b7-5-,8-6-,13-11-,14-12-,19-17-,20-18-,24-23-. The summed E-state index contributed by atoms with van der Waals surface area (Å²) in [6.07, 6.45) is 64.7. The number of ether oxygens (including phenoxy) is 2. The third-order valence-corrected chi connectivity index (χ3v) is 11.3. The van der Waals surface area contributed by atoms with E-state index < -0.39 is 13.9 Å². The fourth-order valence-electron chi connectivity index (χ4n) is 6.71. The molecular weight excluding hydrogens is 794 g/mol. The number of hydrogen-bond donors (Lipinski definition) is 2. The highest BCUT2D eigenvalue weighted by Gasteiger charge is 2.25. The summed E-state index contributed by atoms with van der Waals surface area (Å²) >= 11 is 0. The van der Waals surface area contributed by atoms with E-state index in [0.29, 0.717) is 13.0 Å². The van der Waals surface area contributed by atoms with Crippen molar-refractivity contribution in [2.24, 2.45) is 5.73 Å². The number of phosphoric ester groups is 1. The molecule has 8 nitrogen and oxygen atoms in total. The molecule has 0 aromatic carbocycles. The zero-order valence-corrected chi connectivity index (χ0v) is 40.7. The summed E-state index contributed by atoms with van der Waals surface area (Å²) in [7, 11) is -4.29. The lowest BCUT2D eigenvalue weighted by Crippen LogP contribution is -2.28. The van der Waals surface area contributed by atoms with Gasteiger partial charge in [-0.2, -0.15) is 0 Å². The normalized spacial score (nSPS) is 14.1. The number of carbonyl (C=O) groups is 1. The van der Waals surface area contributed by atoms with Gasteiger partial charge in [-0.1, -0.05) is 202 Å². The van der Waals surface area contributed by atoms with Crippen molar-refractivity contribution in [2.45, 2.75) is 213 Å². The molecule has 62 heavy (non-hydrogen) atoms. The Kier molecular flexibility index (Phi) is 47.8. The van der Waals surface area contributed by atoms with E-state index in [1.807, 2.05) is 0 Å². The number of phosphoric acid groups is 1. The molecule has 0 bridgehead atoms. The van der Waals surface area contributed by atoms with Crippen molar-refractivity contribution in [2.75, 3.05) is 33.0 Å². The molecule has 0 saturated carbocycles. The molecule has 0 aromatic rings. The minimum Gasteiger partial charge on any atom is -0.457 e. The van der Waals surface area contributed by atoms with Crippen molar-refractivity contribution in [3.05, 3.63) is 85.1 Å². The molecule has 0 aliphatic heterocycles. The molecule has 358 valence electrons. The number of rotatable bonds is 47. The van der Waals surface area contributed by atoms with Crippen LogP contribution in [0, 0.1) is 0 Å². The molecule has 0 aliphatic carbocycles. The van der Waals surface area contributed by atoms with Gasteiger partial charge >= 0.3 is 13.8 Å². The maximum absolute atomic E-state index is 12.7. The SMILES string of the molecule is CC/C=C\C/C=C\C/C=C\C/C=C\CCCCCCCCCCCCCCC(=O)OC(COCCCCCCCCCC/C=C\C/C=C\C/C=C\CC)COP(=O)(O)OCCN. The van der Waals surface area contributed by atoms with E-state index in [1.165, 1.54) is 103 Å². The van der Waals surface area contributed by atoms with Gasteiger partial charge in [0.2, 0.25) is 0 Å². The van der Waals surface area contributed by atoms with Gasteiger partial charge in [-0.25, -0.2) is 4.57 Å². The number of unbranched alkanes of at least 4 members (excludes halogenated alkanes) is 20. The summed E-state index contributed by atoms with van der Waals surface area (Å²) in [4.78, 5) is 22.6. The fourth-order valence-corrected chi connectivity index (χ4v) is 7.47. The van der Waals surface area contributed by atoms with Crippen LogP contribution in [0.5, 0.6) is 0 Å². The lowest BCUT2D eigenvalue weighted by molar-refractivity contribution is -0.154. The average molecular weight is 888 g/mol. The van der Waals surface area contributed by atoms with Crippen LogP contribution in [-0.2, 0) is 27.9 Å². The quantitative estimate of drug-likeness (QED) is 0.0269. The van der Waals surface area contributed by atoms with E-state index in [1.54, 1.807) is 0 Å². The fraction of sp³-hybridized carbons (Fsp3) is 0.717. The van der Waals surface area contributed by atoms with Crippen molar-refractivity contribution in [1.82, 2.24) is 0 Å². The Labute approximate surface area is 381 Å². The molecule has 0 fully saturated rings. The second-order valence-corrected chi connectivity index (χ2v) is 17.7. The topological polar surface area (TPSA) is 117 Å². The van der Waals surface area contributed by atoms with Gasteiger partial charge in [0.1, 0.15) is 6.10 Å². The Bertz CT molecular complexity index is 1220. The molecule has 0 rings (SSSR count).